The molecule has 5 heteroatoms. The van der Waals surface area contributed by atoms with Gasteiger partial charge >= 0.3 is 0 Å². The molecule has 2 aromatic rings. The smallest absolute Gasteiger partial charge is 0.0752 e. The molecule has 3 nitrogen and oxygen atoms in total. The molecule has 1 saturated carbocycles. The van der Waals surface area contributed by atoms with Gasteiger partial charge in [-0.2, -0.15) is 5.10 Å². The van der Waals surface area contributed by atoms with Crippen LogP contribution in [-0.4, -0.2) is 15.8 Å². The van der Waals surface area contributed by atoms with Crippen LogP contribution in [0.1, 0.15) is 29.0 Å². The van der Waals surface area contributed by atoms with E-state index in [1.807, 2.05) is 4.68 Å². The van der Waals surface area contributed by atoms with E-state index in [1.165, 1.54) is 27.1 Å². The maximum Gasteiger partial charge on any atom is 0.0752 e. The maximum atomic E-state index is 4.58. The fraction of sp³-hybridized carbons (Fsp3) is 0.462. The molecule has 1 fully saturated rings. The summed E-state index contributed by atoms with van der Waals surface area (Å²) in [5, 5.41) is 8.12. The standard InChI is InChI=1S/C13H16BrN3S/c1-9-10(6-15-11-2-3-11)7-17(16-9)8-12-4-5-13(14)18-12/h4-5,7,11,15H,2-3,6,8H2,1H3. The topological polar surface area (TPSA) is 29.9 Å². The summed E-state index contributed by atoms with van der Waals surface area (Å²) < 4.78 is 3.22. The number of hydrogen-bond donors (Lipinski definition) is 1. The van der Waals surface area contributed by atoms with E-state index in [4.69, 9.17) is 0 Å². The van der Waals surface area contributed by atoms with Crippen LogP contribution in [0.15, 0.2) is 22.1 Å². The highest BCUT2D eigenvalue weighted by Crippen LogP contribution is 2.23. The molecule has 96 valence electrons. The highest BCUT2D eigenvalue weighted by atomic mass is 79.9. The lowest BCUT2D eigenvalue weighted by Crippen LogP contribution is -2.15. The van der Waals surface area contributed by atoms with Crippen LogP contribution < -0.4 is 5.32 Å². The van der Waals surface area contributed by atoms with Crippen LogP contribution >= 0.6 is 27.3 Å². The first-order valence-electron chi connectivity index (χ1n) is 6.21. The van der Waals surface area contributed by atoms with E-state index in [9.17, 15) is 0 Å². The minimum atomic E-state index is 0.751. The van der Waals surface area contributed by atoms with Gasteiger partial charge < -0.3 is 5.32 Å². The molecule has 0 atom stereocenters. The number of rotatable bonds is 5. The maximum absolute atomic E-state index is 4.58. The molecule has 0 spiro atoms. The molecule has 3 rings (SSSR count). The zero-order valence-corrected chi connectivity index (χ0v) is 12.7. The van der Waals surface area contributed by atoms with Crippen molar-refractivity contribution in [3.05, 3.63) is 38.3 Å². The third kappa shape index (κ3) is 3.02. The average molecular weight is 326 g/mol. The van der Waals surface area contributed by atoms with Gasteiger partial charge in [-0.15, -0.1) is 11.3 Å². The summed E-state index contributed by atoms with van der Waals surface area (Å²) in [7, 11) is 0. The van der Waals surface area contributed by atoms with Crippen LogP contribution in [0.4, 0.5) is 0 Å². The highest BCUT2D eigenvalue weighted by Gasteiger charge is 2.20. The fourth-order valence-electron chi connectivity index (χ4n) is 1.95. The van der Waals surface area contributed by atoms with Crippen molar-refractivity contribution in [2.75, 3.05) is 0 Å². The molecule has 0 aromatic carbocycles. The van der Waals surface area contributed by atoms with E-state index in [0.29, 0.717) is 0 Å². The summed E-state index contributed by atoms with van der Waals surface area (Å²) in [6.07, 6.45) is 4.82. The molecule has 0 saturated heterocycles. The predicted molar refractivity (Wildman–Crippen MR) is 77.9 cm³/mol. The van der Waals surface area contributed by atoms with Gasteiger partial charge in [-0.3, -0.25) is 4.68 Å². The third-order valence-electron chi connectivity index (χ3n) is 3.15. The number of thiophene rings is 1. The molecular weight excluding hydrogens is 310 g/mol. The van der Waals surface area contributed by atoms with Crippen molar-refractivity contribution in [2.45, 2.75) is 38.9 Å². The van der Waals surface area contributed by atoms with Gasteiger partial charge in [-0.25, -0.2) is 0 Å². The Labute approximate surface area is 119 Å². The Hall–Kier alpha value is -0.650. The first kappa shape index (κ1) is 12.4. The van der Waals surface area contributed by atoms with E-state index in [0.717, 1.165) is 24.8 Å². The van der Waals surface area contributed by atoms with Gasteiger partial charge in [-0.05, 0) is 47.8 Å². The average Bonchev–Trinajstić information content (AvgIpc) is 2.98. The minimum absolute atomic E-state index is 0.751. The lowest BCUT2D eigenvalue weighted by molar-refractivity contribution is 0.678. The third-order valence-corrected chi connectivity index (χ3v) is 4.76. The Morgan fingerprint density at radius 1 is 1.50 bits per heavy atom. The van der Waals surface area contributed by atoms with Crippen molar-refractivity contribution < 1.29 is 0 Å². The Morgan fingerprint density at radius 3 is 3.00 bits per heavy atom. The number of hydrogen-bond acceptors (Lipinski definition) is 3. The van der Waals surface area contributed by atoms with Crippen molar-refractivity contribution in [3.8, 4) is 0 Å². The van der Waals surface area contributed by atoms with Crippen LogP contribution in [-0.2, 0) is 13.1 Å². The largest absolute Gasteiger partial charge is 0.310 e. The lowest BCUT2D eigenvalue weighted by atomic mass is 10.2. The van der Waals surface area contributed by atoms with Gasteiger partial charge in [0.15, 0.2) is 0 Å². The zero-order chi connectivity index (χ0) is 12.5. The lowest BCUT2D eigenvalue weighted by Gasteiger charge is -1.99. The Balaban J connectivity index is 1.66. The Kier molecular flexibility index (Phi) is 3.54. The second kappa shape index (κ2) is 5.15. The monoisotopic (exact) mass is 325 g/mol. The van der Waals surface area contributed by atoms with Crippen LogP contribution in [0.3, 0.4) is 0 Å². The van der Waals surface area contributed by atoms with Crippen LogP contribution in [0, 0.1) is 6.92 Å². The number of aryl methyl sites for hydroxylation is 1. The summed E-state index contributed by atoms with van der Waals surface area (Å²) in [6, 6.07) is 4.99. The van der Waals surface area contributed by atoms with E-state index in [-0.39, 0.29) is 0 Å². The summed E-state index contributed by atoms with van der Waals surface area (Å²) in [5.74, 6) is 0. The molecule has 0 aliphatic heterocycles. The normalized spacial score (nSPS) is 15.2. The second-order valence-corrected chi connectivity index (χ2v) is 7.35. The Morgan fingerprint density at radius 2 is 2.33 bits per heavy atom. The van der Waals surface area contributed by atoms with E-state index in [1.54, 1.807) is 11.3 Å². The fourth-order valence-corrected chi connectivity index (χ4v) is 3.43. The first-order valence-corrected chi connectivity index (χ1v) is 7.82. The molecule has 0 amide bonds. The predicted octanol–water partition coefficient (Wildman–Crippen LogP) is 3.32. The number of halogens is 1. The molecule has 18 heavy (non-hydrogen) atoms. The number of aromatic nitrogens is 2. The summed E-state index contributed by atoms with van der Waals surface area (Å²) in [5.41, 5.74) is 2.45. The second-order valence-electron chi connectivity index (χ2n) is 4.80. The van der Waals surface area contributed by atoms with Gasteiger partial charge in [0.1, 0.15) is 0 Å². The molecule has 2 heterocycles. The van der Waals surface area contributed by atoms with Gasteiger partial charge in [0.2, 0.25) is 0 Å². The van der Waals surface area contributed by atoms with Crippen LogP contribution in [0.2, 0.25) is 0 Å². The van der Waals surface area contributed by atoms with Crippen LogP contribution in [0.5, 0.6) is 0 Å². The zero-order valence-electron chi connectivity index (χ0n) is 10.3. The van der Waals surface area contributed by atoms with Gasteiger partial charge in [0.25, 0.3) is 0 Å². The molecule has 0 unspecified atom stereocenters. The van der Waals surface area contributed by atoms with Crippen molar-refractivity contribution in [1.29, 1.82) is 0 Å². The van der Waals surface area contributed by atoms with E-state index in [2.05, 4.69) is 51.6 Å². The molecular formula is C13H16BrN3S. The minimum Gasteiger partial charge on any atom is -0.310 e. The van der Waals surface area contributed by atoms with Gasteiger partial charge in [0.05, 0.1) is 16.0 Å². The SMILES string of the molecule is Cc1nn(Cc2ccc(Br)s2)cc1CNC1CC1. The first-order chi connectivity index (χ1) is 8.70. The Bertz CT molecular complexity index is 542. The molecule has 1 aliphatic carbocycles. The van der Waals surface area contributed by atoms with Gasteiger partial charge in [0, 0.05) is 29.2 Å². The van der Waals surface area contributed by atoms with Crippen molar-refractivity contribution in [3.63, 3.8) is 0 Å². The molecule has 1 aliphatic rings. The highest BCUT2D eigenvalue weighted by molar-refractivity contribution is 9.11. The summed E-state index contributed by atoms with van der Waals surface area (Å²) >= 11 is 5.26. The molecule has 0 radical (unpaired) electrons. The molecule has 1 N–H and O–H groups in total. The molecule has 0 bridgehead atoms. The van der Waals surface area contributed by atoms with Crippen molar-refractivity contribution in [2.24, 2.45) is 0 Å². The van der Waals surface area contributed by atoms with Crippen molar-refractivity contribution >= 4 is 27.3 Å². The number of nitrogens with zero attached hydrogens (tertiary/aromatic N) is 2. The van der Waals surface area contributed by atoms with E-state index >= 15 is 0 Å². The summed E-state index contributed by atoms with van der Waals surface area (Å²) in [6.45, 7) is 3.90. The quantitative estimate of drug-likeness (QED) is 0.913. The summed E-state index contributed by atoms with van der Waals surface area (Å²) in [4.78, 5) is 1.33. The van der Waals surface area contributed by atoms with E-state index < -0.39 is 0 Å². The number of nitrogens with one attached hydrogen (secondary N) is 1. The molecule has 2 aromatic heterocycles. The van der Waals surface area contributed by atoms with Crippen LogP contribution in [0.25, 0.3) is 0 Å². The van der Waals surface area contributed by atoms with Crippen molar-refractivity contribution in [1.82, 2.24) is 15.1 Å². The van der Waals surface area contributed by atoms with Gasteiger partial charge in [-0.1, -0.05) is 0 Å².